The van der Waals surface area contributed by atoms with Gasteiger partial charge in [0.15, 0.2) is 0 Å². The van der Waals surface area contributed by atoms with Crippen LogP contribution in [0.1, 0.15) is 36.5 Å². The molecule has 0 spiro atoms. The van der Waals surface area contributed by atoms with Crippen LogP contribution in [0.2, 0.25) is 0 Å². The first kappa shape index (κ1) is 22.3. The molecule has 2 N–H and O–H groups in total. The number of ether oxygens (including phenoxy) is 1. The van der Waals surface area contributed by atoms with Gasteiger partial charge in [0, 0.05) is 26.1 Å². The molecule has 6 nitrogen and oxygen atoms in total. The van der Waals surface area contributed by atoms with Crippen molar-refractivity contribution in [3.63, 3.8) is 0 Å². The second-order valence-corrected chi connectivity index (χ2v) is 6.34. The molecule has 2 rings (SSSR count). The number of hydrogen-bond donors (Lipinski definition) is 2. The van der Waals surface area contributed by atoms with Gasteiger partial charge in [-0.1, -0.05) is 12.1 Å². The molecular formula is C19H30ClN3O3. The van der Waals surface area contributed by atoms with Crippen LogP contribution in [0, 0.1) is 5.92 Å². The van der Waals surface area contributed by atoms with Gasteiger partial charge in [0.05, 0.1) is 12.2 Å². The fourth-order valence-electron chi connectivity index (χ4n) is 3.14. The van der Waals surface area contributed by atoms with E-state index in [0.29, 0.717) is 43.2 Å². The van der Waals surface area contributed by atoms with Crippen molar-refractivity contribution in [2.45, 2.75) is 26.2 Å². The van der Waals surface area contributed by atoms with Crippen molar-refractivity contribution in [2.24, 2.45) is 5.92 Å². The Hall–Kier alpha value is -1.79. The largest absolute Gasteiger partial charge is 0.493 e. The monoisotopic (exact) mass is 383 g/mol. The van der Waals surface area contributed by atoms with Gasteiger partial charge in [-0.3, -0.25) is 9.59 Å². The van der Waals surface area contributed by atoms with Crippen LogP contribution in [-0.2, 0) is 4.79 Å². The van der Waals surface area contributed by atoms with Crippen LogP contribution in [-0.4, -0.2) is 56.5 Å². The normalized spacial score (nSPS) is 16.1. The van der Waals surface area contributed by atoms with Crippen molar-refractivity contribution < 1.29 is 14.3 Å². The number of nitrogens with zero attached hydrogens (tertiary/aromatic N) is 1. The molecule has 0 bridgehead atoms. The molecule has 146 valence electrons. The van der Waals surface area contributed by atoms with E-state index < -0.39 is 0 Å². The molecule has 26 heavy (non-hydrogen) atoms. The molecule has 0 saturated carbocycles. The average Bonchev–Trinajstić information content (AvgIpc) is 3.08. The molecule has 1 aromatic carbocycles. The fourth-order valence-corrected chi connectivity index (χ4v) is 3.14. The zero-order valence-corrected chi connectivity index (χ0v) is 16.4. The highest BCUT2D eigenvalue weighted by atomic mass is 35.5. The van der Waals surface area contributed by atoms with Crippen LogP contribution < -0.4 is 15.4 Å². The minimum Gasteiger partial charge on any atom is -0.493 e. The fraction of sp³-hybridized carbons (Fsp3) is 0.579. The number of nitrogens with one attached hydrogen (secondary N) is 2. The van der Waals surface area contributed by atoms with Gasteiger partial charge in [-0.2, -0.15) is 0 Å². The molecule has 1 unspecified atom stereocenters. The molecule has 1 aliphatic heterocycles. The van der Waals surface area contributed by atoms with E-state index in [4.69, 9.17) is 4.74 Å². The molecule has 0 aromatic heterocycles. The lowest BCUT2D eigenvalue weighted by Crippen LogP contribution is -2.31. The number of carbonyl (C=O) groups is 2. The topological polar surface area (TPSA) is 70.7 Å². The number of halogens is 1. The second-order valence-electron chi connectivity index (χ2n) is 6.34. The average molecular weight is 384 g/mol. The molecule has 1 saturated heterocycles. The summed E-state index contributed by atoms with van der Waals surface area (Å²) in [5.74, 6) is 1.17. The Balaban J connectivity index is 0.00000338. The maximum absolute atomic E-state index is 12.3. The minimum atomic E-state index is -0.160. The first-order valence-electron chi connectivity index (χ1n) is 9.08. The van der Waals surface area contributed by atoms with E-state index >= 15 is 0 Å². The SMILES string of the molecule is CCOc1ccccc1C(=O)NCCCC(=O)N1CCC(CNC)C1.Cl. The lowest BCUT2D eigenvalue weighted by Gasteiger charge is -2.16. The van der Waals surface area contributed by atoms with Crippen LogP contribution in [0.5, 0.6) is 5.75 Å². The quantitative estimate of drug-likeness (QED) is 0.640. The molecule has 0 aliphatic carbocycles. The number of carbonyl (C=O) groups excluding carboxylic acids is 2. The molecular weight excluding hydrogens is 354 g/mol. The summed E-state index contributed by atoms with van der Waals surface area (Å²) in [6, 6.07) is 7.20. The highest BCUT2D eigenvalue weighted by molar-refractivity contribution is 5.96. The Morgan fingerprint density at radius 3 is 2.81 bits per heavy atom. The Bertz CT molecular complexity index is 583. The molecule has 1 aliphatic rings. The standard InChI is InChI=1S/C19H29N3O3.ClH/c1-3-25-17-8-5-4-7-16(17)19(24)21-11-6-9-18(23)22-12-10-15(14-22)13-20-2;/h4-5,7-8,15,20H,3,6,9-14H2,1-2H3,(H,21,24);1H. The maximum atomic E-state index is 12.3. The number of para-hydroxylation sites is 1. The molecule has 0 radical (unpaired) electrons. The number of hydrogen-bond acceptors (Lipinski definition) is 4. The van der Waals surface area contributed by atoms with Crippen molar-refractivity contribution in [2.75, 3.05) is 39.8 Å². The van der Waals surface area contributed by atoms with Gasteiger partial charge in [0.1, 0.15) is 5.75 Å². The third kappa shape index (κ3) is 6.50. The first-order valence-corrected chi connectivity index (χ1v) is 9.08. The van der Waals surface area contributed by atoms with Crippen molar-refractivity contribution in [3.05, 3.63) is 29.8 Å². The number of likely N-dealkylation sites (tertiary alicyclic amines) is 1. The molecule has 2 amide bonds. The van der Waals surface area contributed by atoms with Crippen LogP contribution in [0.15, 0.2) is 24.3 Å². The predicted octanol–water partition coefficient (Wildman–Crippen LogP) is 2.09. The van der Waals surface area contributed by atoms with Gasteiger partial charge < -0.3 is 20.3 Å². The summed E-state index contributed by atoms with van der Waals surface area (Å²) >= 11 is 0. The molecule has 1 atom stereocenters. The van der Waals surface area contributed by atoms with Gasteiger partial charge in [-0.05, 0) is 51.4 Å². The van der Waals surface area contributed by atoms with E-state index in [9.17, 15) is 9.59 Å². The van der Waals surface area contributed by atoms with E-state index in [-0.39, 0.29) is 24.2 Å². The van der Waals surface area contributed by atoms with Gasteiger partial charge in [-0.15, -0.1) is 12.4 Å². The van der Waals surface area contributed by atoms with E-state index in [1.165, 1.54) is 0 Å². The zero-order chi connectivity index (χ0) is 18.1. The number of rotatable bonds is 9. The number of benzene rings is 1. The molecule has 1 fully saturated rings. The van der Waals surface area contributed by atoms with Gasteiger partial charge in [-0.25, -0.2) is 0 Å². The summed E-state index contributed by atoms with van der Waals surface area (Å²) in [5, 5.41) is 6.04. The Morgan fingerprint density at radius 1 is 1.31 bits per heavy atom. The van der Waals surface area contributed by atoms with E-state index in [1.807, 2.05) is 31.0 Å². The van der Waals surface area contributed by atoms with E-state index in [1.54, 1.807) is 12.1 Å². The Labute approximate surface area is 162 Å². The van der Waals surface area contributed by atoms with Crippen LogP contribution in [0.25, 0.3) is 0 Å². The summed E-state index contributed by atoms with van der Waals surface area (Å²) in [6.45, 7) is 5.54. The van der Waals surface area contributed by atoms with Crippen molar-refractivity contribution in [1.29, 1.82) is 0 Å². The maximum Gasteiger partial charge on any atom is 0.255 e. The first-order chi connectivity index (χ1) is 12.2. The zero-order valence-electron chi connectivity index (χ0n) is 15.6. The third-order valence-corrected chi connectivity index (χ3v) is 4.42. The Morgan fingerprint density at radius 2 is 2.08 bits per heavy atom. The lowest BCUT2D eigenvalue weighted by molar-refractivity contribution is -0.130. The highest BCUT2D eigenvalue weighted by Gasteiger charge is 2.25. The molecule has 1 heterocycles. The van der Waals surface area contributed by atoms with E-state index in [0.717, 1.165) is 26.1 Å². The number of amides is 2. The van der Waals surface area contributed by atoms with Gasteiger partial charge in [0.25, 0.3) is 5.91 Å². The second kappa shape index (κ2) is 11.8. The van der Waals surface area contributed by atoms with E-state index in [2.05, 4.69) is 10.6 Å². The van der Waals surface area contributed by atoms with Crippen LogP contribution in [0.3, 0.4) is 0 Å². The van der Waals surface area contributed by atoms with Gasteiger partial charge >= 0.3 is 0 Å². The summed E-state index contributed by atoms with van der Waals surface area (Å²) in [4.78, 5) is 26.4. The van der Waals surface area contributed by atoms with Crippen molar-refractivity contribution in [3.8, 4) is 5.75 Å². The lowest BCUT2D eigenvalue weighted by atomic mass is 10.1. The highest BCUT2D eigenvalue weighted by Crippen LogP contribution is 2.18. The Kier molecular flexibility index (Phi) is 10.1. The van der Waals surface area contributed by atoms with Crippen molar-refractivity contribution >= 4 is 24.2 Å². The minimum absolute atomic E-state index is 0. The smallest absolute Gasteiger partial charge is 0.255 e. The van der Waals surface area contributed by atoms with Gasteiger partial charge in [0.2, 0.25) is 5.91 Å². The third-order valence-electron chi connectivity index (χ3n) is 4.42. The predicted molar refractivity (Wildman–Crippen MR) is 105 cm³/mol. The van der Waals surface area contributed by atoms with Crippen LogP contribution in [0.4, 0.5) is 0 Å². The summed E-state index contributed by atoms with van der Waals surface area (Å²) in [7, 11) is 1.94. The summed E-state index contributed by atoms with van der Waals surface area (Å²) < 4.78 is 5.47. The summed E-state index contributed by atoms with van der Waals surface area (Å²) in [6.07, 6.45) is 2.19. The molecule has 7 heteroatoms. The van der Waals surface area contributed by atoms with Crippen molar-refractivity contribution in [1.82, 2.24) is 15.5 Å². The molecule has 1 aromatic rings. The van der Waals surface area contributed by atoms with Crippen LogP contribution >= 0.6 is 12.4 Å². The summed E-state index contributed by atoms with van der Waals surface area (Å²) in [5.41, 5.74) is 0.533.